The second-order valence-electron chi connectivity index (χ2n) is 5.09. The highest BCUT2D eigenvalue weighted by atomic mass is 16.5. The SMILES string of the molecule is COC(=O)c1cccc(N)c1N1CCC(N(C)C)C1. The molecule has 0 aromatic heterocycles. The molecule has 0 amide bonds. The van der Waals surface area contributed by atoms with Crippen LogP contribution < -0.4 is 10.6 Å². The fraction of sp³-hybridized carbons (Fsp3) is 0.500. The number of nitrogens with two attached hydrogens (primary N) is 1. The third kappa shape index (κ3) is 2.66. The summed E-state index contributed by atoms with van der Waals surface area (Å²) in [4.78, 5) is 16.2. The van der Waals surface area contributed by atoms with Gasteiger partial charge in [0.25, 0.3) is 0 Å². The zero-order valence-electron chi connectivity index (χ0n) is 11.7. The van der Waals surface area contributed by atoms with Crippen LogP contribution in [0, 0.1) is 0 Å². The maximum Gasteiger partial charge on any atom is 0.340 e. The number of carbonyl (C=O) groups excluding carboxylic acids is 1. The Hall–Kier alpha value is -1.75. The number of esters is 1. The van der Waals surface area contributed by atoms with E-state index in [2.05, 4.69) is 23.9 Å². The first-order valence-electron chi connectivity index (χ1n) is 6.42. The molecule has 0 radical (unpaired) electrons. The summed E-state index contributed by atoms with van der Waals surface area (Å²) >= 11 is 0. The van der Waals surface area contributed by atoms with E-state index in [-0.39, 0.29) is 5.97 Å². The molecule has 2 rings (SSSR count). The van der Waals surface area contributed by atoms with Gasteiger partial charge in [-0.3, -0.25) is 0 Å². The van der Waals surface area contributed by atoms with Gasteiger partial charge in [0, 0.05) is 19.1 Å². The average Bonchev–Trinajstić information content (AvgIpc) is 2.87. The van der Waals surface area contributed by atoms with Gasteiger partial charge in [-0.25, -0.2) is 4.79 Å². The number of benzene rings is 1. The van der Waals surface area contributed by atoms with Crippen LogP contribution in [0.1, 0.15) is 16.8 Å². The van der Waals surface area contributed by atoms with Gasteiger partial charge in [-0.2, -0.15) is 0 Å². The standard InChI is InChI=1S/C14H21N3O2/c1-16(2)10-7-8-17(9-10)13-11(14(18)19-3)5-4-6-12(13)15/h4-6,10H,7-9,15H2,1-3H3. The first-order valence-corrected chi connectivity index (χ1v) is 6.42. The zero-order valence-corrected chi connectivity index (χ0v) is 11.7. The average molecular weight is 263 g/mol. The maximum atomic E-state index is 11.8. The summed E-state index contributed by atoms with van der Waals surface area (Å²) in [6.45, 7) is 1.78. The lowest BCUT2D eigenvalue weighted by molar-refractivity contribution is 0.0601. The number of hydrogen-bond acceptors (Lipinski definition) is 5. The van der Waals surface area contributed by atoms with E-state index in [1.54, 1.807) is 12.1 Å². The number of nitrogen functional groups attached to an aromatic ring is 1. The molecule has 0 bridgehead atoms. The Kier molecular flexibility index (Phi) is 3.95. The third-order valence-electron chi connectivity index (χ3n) is 3.68. The molecule has 0 spiro atoms. The van der Waals surface area contributed by atoms with Gasteiger partial charge in [0.15, 0.2) is 0 Å². The highest BCUT2D eigenvalue weighted by Gasteiger charge is 2.28. The van der Waals surface area contributed by atoms with E-state index in [4.69, 9.17) is 10.5 Å². The lowest BCUT2D eigenvalue weighted by atomic mass is 10.1. The predicted octanol–water partition coefficient (Wildman–Crippen LogP) is 1.20. The Morgan fingerprint density at radius 1 is 1.47 bits per heavy atom. The van der Waals surface area contributed by atoms with E-state index in [0.717, 1.165) is 25.2 Å². The van der Waals surface area contributed by atoms with Crippen molar-refractivity contribution in [3.63, 3.8) is 0 Å². The second-order valence-corrected chi connectivity index (χ2v) is 5.09. The number of para-hydroxylation sites is 1. The van der Waals surface area contributed by atoms with Crippen molar-refractivity contribution in [3.8, 4) is 0 Å². The van der Waals surface area contributed by atoms with Crippen LogP contribution in [0.15, 0.2) is 18.2 Å². The van der Waals surface area contributed by atoms with Crippen LogP contribution in [0.2, 0.25) is 0 Å². The Bertz CT molecular complexity index is 474. The molecule has 1 fully saturated rings. The third-order valence-corrected chi connectivity index (χ3v) is 3.68. The molecule has 1 heterocycles. The topological polar surface area (TPSA) is 58.8 Å². The summed E-state index contributed by atoms with van der Waals surface area (Å²) in [6.07, 6.45) is 1.07. The van der Waals surface area contributed by atoms with Crippen molar-refractivity contribution in [1.29, 1.82) is 0 Å². The van der Waals surface area contributed by atoms with E-state index >= 15 is 0 Å². The van der Waals surface area contributed by atoms with Gasteiger partial charge in [0.2, 0.25) is 0 Å². The van der Waals surface area contributed by atoms with Crippen molar-refractivity contribution in [2.24, 2.45) is 0 Å². The molecule has 1 aliphatic rings. The molecule has 1 unspecified atom stereocenters. The van der Waals surface area contributed by atoms with Crippen LogP contribution in [0.5, 0.6) is 0 Å². The smallest absolute Gasteiger partial charge is 0.340 e. The van der Waals surface area contributed by atoms with Crippen molar-refractivity contribution in [2.75, 3.05) is 44.9 Å². The molecule has 2 N–H and O–H groups in total. The van der Waals surface area contributed by atoms with Crippen LogP contribution >= 0.6 is 0 Å². The number of rotatable bonds is 3. The molecular weight excluding hydrogens is 242 g/mol. The molecule has 0 aliphatic carbocycles. The minimum atomic E-state index is -0.337. The van der Waals surface area contributed by atoms with Crippen LogP contribution in [0.25, 0.3) is 0 Å². The second kappa shape index (κ2) is 5.48. The van der Waals surface area contributed by atoms with Gasteiger partial charge >= 0.3 is 5.97 Å². The number of anilines is 2. The van der Waals surface area contributed by atoms with Gasteiger partial charge < -0.3 is 20.3 Å². The summed E-state index contributed by atoms with van der Waals surface area (Å²) in [5, 5.41) is 0. The number of ether oxygens (including phenoxy) is 1. The molecule has 104 valence electrons. The van der Waals surface area contributed by atoms with Gasteiger partial charge in [0.1, 0.15) is 0 Å². The van der Waals surface area contributed by atoms with Crippen LogP contribution in [-0.2, 0) is 4.74 Å². The van der Waals surface area contributed by atoms with Crippen molar-refractivity contribution >= 4 is 17.3 Å². The quantitative estimate of drug-likeness (QED) is 0.656. The molecule has 1 aromatic rings. The number of likely N-dealkylation sites (N-methyl/N-ethyl adjacent to an activating group) is 1. The fourth-order valence-electron chi connectivity index (χ4n) is 2.56. The van der Waals surface area contributed by atoms with Gasteiger partial charge in [-0.1, -0.05) is 6.07 Å². The monoisotopic (exact) mass is 263 g/mol. The van der Waals surface area contributed by atoms with Crippen molar-refractivity contribution in [2.45, 2.75) is 12.5 Å². The van der Waals surface area contributed by atoms with E-state index in [0.29, 0.717) is 17.3 Å². The fourth-order valence-corrected chi connectivity index (χ4v) is 2.56. The number of methoxy groups -OCH3 is 1. The Morgan fingerprint density at radius 3 is 2.79 bits per heavy atom. The van der Waals surface area contributed by atoms with Crippen LogP contribution in [0.3, 0.4) is 0 Å². The van der Waals surface area contributed by atoms with E-state index in [9.17, 15) is 4.79 Å². The first kappa shape index (κ1) is 13.7. The summed E-state index contributed by atoms with van der Waals surface area (Å²) in [5.74, 6) is -0.337. The summed E-state index contributed by atoms with van der Waals surface area (Å²) < 4.78 is 4.83. The van der Waals surface area contributed by atoms with Crippen molar-refractivity contribution in [3.05, 3.63) is 23.8 Å². The Morgan fingerprint density at radius 2 is 2.21 bits per heavy atom. The molecule has 5 nitrogen and oxygen atoms in total. The molecule has 19 heavy (non-hydrogen) atoms. The lowest BCUT2D eigenvalue weighted by Gasteiger charge is -2.24. The minimum Gasteiger partial charge on any atom is -0.465 e. The summed E-state index contributed by atoms with van der Waals surface area (Å²) in [6, 6.07) is 5.86. The highest BCUT2D eigenvalue weighted by molar-refractivity contribution is 5.99. The minimum absolute atomic E-state index is 0.337. The molecule has 1 aromatic carbocycles. The Balaban J connectivity index is 2.32. The zero-order chi connectivity index (χ0) is 14.0. The van der Waals surface area contributed by atoms with E-state index < -0.39 is 0 Å². The van der Waals surface area contributed by atoms with Gasteiger partial charge in [-0.15, -0.1) is 0 Å². The van der Waals surface area contributed by atoms with E-state index in [1.165, 1.54) is 7.11 Å². The number of hydrogen-bond donors (Lipinski definition) is 1. The largest absolute Gasteiger partial charge is 0.465 e. The molecule has 5 heteroatoms. The lowest BCUT2D eigenvalue weighted by Crippen LogP contribution is -2.32. The molecule has 1 saturated heterocycles. The summed E-state index contributed by atoms with van der Waals surface area (Å²) in [5.41, 5.74) is 8.03. The van der Waals surface area contributed by atoms with Gasteiger partial charge in [-0.05, 0) is 32.6 Å². The normalized spacial score (nSPS) is 18.9. The maximum absolute atomic E-state index is 11.8. The molecule has 0 saturated carbocycles. The molecule has 1 atom stereocenters. The number of carbonyl (C=O) groups is 1. The molecule has 1 aliphatic heterocycles. The van der Waals surface area contributed by atoms with Crippen molar-refractivity contribution in [1.82, 2.24) is 4.90 Å². The summed E-state index contributed by atoms with van der Waals surface area (Å²) in [7, 11) is 5.54. The van der Waals surface area contributed by atoms with Crippen LogP contribution in [-0.4, -0.2) is 51.2 Å². The first-order chi connectivity index (χ1) is 9.04. The molecular formula is C14H21N3O2. The predicted molar refractivity (Wildman–Crippen MR) is 76.5 cm³/mol. The van der Waals surface area contributed by atoms with Gasteiger partial charge in [0.05, 0.1) is 24.0 Å². The van der Waals surface area contributed by atoms with Crippen LogP contribution in [0.4, 0.5) is 11.4 Å². The van der Waals surface area contributed by atoms with Crippen molar-refractivity contribution < 1.29 is 9.53 Å². The highest BCUT2D eigenvalue weighted by Crippen LogP contribution is 2.31. The Labute approximate surface area is 113 Å². The van der Waals surface area contributed by atoms with E-state index in [1.807, 2.05) is 6.07 Å². The number of nitrogens with zero attached hydrogens (tertiary/aromatic N) is 2.